The first-order valence-electron chi connectivity index (χ1n) is 15.4. The predicted octanol–water partition coefficient (Wildman–Crippen LogP) is 3.15. The number of alkyl carbamates (subject to hydrolysis) is 1. The molecule has 11 nitrogen and oxygen atoms in total. The number of carbonyl (C=O) groups excluding carboxylic acids is 3. The fourth-order valence-electron chi connectivity index (χ4n) is 6.10. The Morgan fingerprint density at radius 3 is 2.62 bits per heavy atom. The van der Waals surface area contributed by atoms with Gasteiger partial charge in [0, 0.05) is 11.3 Å². The minimum atomic E-state index is -1.65. The summed E-state index contributed by atoms with van der Waals surface area (Å²) in [4.78, 5) is 42.1. The average molecular weight is 642 g/mol. The van der Waals surface area contributed by atoms with Gasteiger partial charge < -0.3 is 39.6 Å². The number of hydrogen-bond donors (Lipinski definition) is 3. The largest absolute Gasteiger partial charge is 0.494 e. The fourth-order valence-corrected chi connectivity index (χ4v) is 7.24. The molecule has 0 saturated carbocycles. The molecular formula is C33H43N3O8S. The van der Waals surface area contributed by atoms with E-state index in [1.165, 1.54) is 16.7 Å². The minimum absolute atomic E-state index is 0.0605. The van der Waals surface area contributed by atoms with Gasteiger partial charge in [0.05, 0.1) is 37.7 Å². The Balaban J connectivity index is 1.31. The second-order valence-corrected chi connectivity index (χ2v) is 13.8. The normalized spacial score (nSPS) is 24.9. The van der Waals surface area contributed by atoms with E-state index in [0.29, 0.717) is 25.5 Å². The van der Waals surface area contributed by atoms with Gasteiger partial charge in [-0.2, -0.15) is 0 Å². The number of aryl methyl sites for hydroxylation is 1. The van der Waals surface area contributed by atoms with Crippen LogP contribution in [-0.4, -0.2) is 88.9 Å². The van der Waals surface area contributed by atoms with E-state index in [9.17, 15) is 19.5 Å². The summed E-state index contributed by atoms with van der Waals surface area (Å²) >= 11 is 1.46. The number of ether oxygens (including phenoxy) is 4. The van der Waals surface area contributed by atoms with Crippen LogP contribution >= 0.6 is 11.8 Å². The smallest absolute Gasteiger partial charge is 0.407 e. The van der Waals surface area contributed by atoms with Crippen LogP contribution in [0.4, 0.5) is 4.79 Å². The molecule has 3 N–H and O–H groups in total. The third-order valence-electron chi connectivity index (χ3n) is 8.66. The zero-order valence-electron chi connectivity index (χ0n) is 26.2. The number of aliphatic hydroxyl groups is 1. The lowest BCUT2D eigenvalue weighted by molar-refractivity contribution is -0.147. The van der Waals surface area contributed by atoms with E-state index in [-0.39, 0.29) is 37.0 Å². The highest BCUT2D eigenvalue weighted by Gasteiger charge is 2.50. The van der Waals surface area contributed by atoms with E-state index >= 15 is 0 Å². The van der Waals surface area contributed by atoms with Gasteiger partial charge in [-0.25, -0.2) is 4.79 Å². The Morgan fingerprint density at radius 2 is 1.89 bits per heavy atom. The summed E-state index contributed by atoms with van der Waals surface area (Å²) in [5.41, 5.74) is 2.80. The van der Waals surface area contributed by atoms with Crippen LogP contribution in [0.25, 0.3) is 0 Å². The first kappa shape index (κ1) is 33.1. The molecule has 0 spiro atoms. The van der Waals surface area contributed by atoms with Crippen molar-refractivity contribution >= 4 is 29.7 Å². The van der Waals surface area contributed by atoms with Gasteiger partial charge in [-0.3, -0.25) is 9.59 Å². The van der Waals surface area contributed by atoms with Crippen molar-refractivity contribution in [2.24, 2.45) is 5.92 Å². The van der Waals surface area contributed by atoms with Crippen LogP contribution in [0.3, 0.4) is 0 Å². The van der Waals surface area contributed by atoms with Crippen molar-refractivity contribution < 1.29 is 38.4 Å². The number of amides is 3. The second kappa shape index (κ2) is 14.4. The maximum Gasteiger partial charge on any atom is 0.407 e. The van der Waals surface area contributed by atoms with Crippen molar-refractivity contribution in [1.82, 2.24) is 15.5 Å². The van der Waals surface area contributed by atoms with Gasteiger partial charge in [0.1, 0.15) is 17.9 Å². The van der Waals surface area contributed by atoms with Crippen LogP contribution in [-0.2, 0) is 36.8 Å². The maximum atomic E-state index is 14.0. The summed E-state index contributed by atoms with van der Waals surface area (Å²) in [7, 11) is 0. The first-order chi connectivity index (χ1) is 21.6. The van der Waals surface area contributed by atoms with Crippen LogP contribution in [0.5, 0.6) is 5.75 Å². The van der Waals surface area contributed by atoms with Gasteiger partial charge >= 0.3 is 6.09 Å². The van der Waals surface area contributed by atoms with Crippen LogP contribution in [0.2, 0.25) is 0 Å². The third kappa shape index (κ3) is 7.74. The average Bonchev–Trinajstić information content (AvgIpc) is 3.72. The topological polar surface area (TPSA) is 136 Å². The molecule has 3 aliphatic rings. The molecule has 3 fully saturated rings. The SMILES string of the molecule is CCOc1ccc(C[C@H](NC(=O)O[C@@H]2CO[C@@H]3OCC[C@@H]32)[C@H](O)C(=O)N2CSC(C)(C)[C@H]2C(=O)NCc2ccccc2C)cc1. The number of aliphatic hydroxyl groups excluding tert-OH is 1. The maximum absolute atomic E-state index is 14.0. The molecular weight excluding hydrogens is 598 g/mol. The van der Waals surface area contributed by atoms with Crippen molar-refractivity contribution in [3.8, 4) is 5.75 Å². The van der Waals surface area contributed by atoms with Crippen LogP contribution in [0, 0.1) is 12.8 Å². The van der Waals surface area contributed by atoms with E-state index in [1.54, 1.807) is 12.1 Å². The standard InChI is InChI=1S/C33H43N3O8S/c1-5-41-23-12-10-21(11-13-23)16-25(35-32(40)44-26-18-43-31-24(26)14-15-42-31)27(37)30(39)36-19-45-33(3,4)28(36)29(38)34-17-22-9-7-6-8-20(22)2/h6-13,24-28,31,37H,5,14-19H2,1-4H3,(H,34,38)(H,35,40)/t24-,25+,26-,27+,28-,31+/m1/s1. The zero-order chi connectivity index (χ0) is 32.1. The predicted molar refractivity (Wildman–Crippen MR) is 169 cm³/mol. The quantitative estimate of drug-likeness (QED) is 0.338. The molecule has 6 atom stereocenters. The lowest BCUT2D eigenvalue weighted by Gasteiger charge is -2.33. The molecule has 0 unspecified atom stereocenters. The third-order valence-corrected chi connectivity index (χ3v) is 10.0. The molecule has 5 rings (SSSR count). The Bertz CT molecular complexity index is 1360. The Hall–Kier alpha value is -3.32. The van der Waals surface area contributed by atoms with E-state index in [4.69, 9.17) is 18.9 Å². The molecule has 244 valence electrons. The van der Waals surface area contributed by atoms with Crippen molar-refractivity contribution in [2.45, 2.75) is 82.4 Å². The van der Waals surface area contributed by atoms with Crippen LogP contribution in [0.1, 0.15) is 43.9 Å². The van der Waals surface area contributed by atoms with Crippen molar-refractivity contribution in [1.29, 1.82) is 0 Å². The first-order valence-corrected chi connectivity index (χ1v) is 16.4. The second-order valence-electron chi connectivity index (χ2n) is 12.2. The van der Waals surface area contributed by atoms with Gasteiger partial charge in [-0.15, -0.1) is 11.8 Å². The Morgan fingerprint density at radius 1 is 1.13 bits per heavy atom. The number of hydrogen-bond acceptors (Lipinski definition) is 9. The van der Waals surface area contributed by atoms with Crippen molar-refractivity contribution in [3.05, 3.63) is 65.2 Å². The fraction of sp³-hybridized carbons (Fsp3) is 0.545. The molecule has 3 amide bonds. The van der Waals surface area contributed by atoms with Gasteiger partial charge in [0.2, 0.25) is 5.91 Å². The molecule has 0 aliphatic carbocycles. The lowest BCUT2D eigenvalue weighted by atomic mass is 9.97. The highest BCUT2D eigenvalue weighted by molar-refractivity contribution is 8.00. The number of benzene rings is 2. The summed E-state index contributed by atoms with van der Waals surface area (Å²) in [6, 6.07) is 13.2. The van der Waals surface area contributed by atoms with Gasteiger partial charge in [0.25, 0.3) is 5.91 Å². The molecule has 12 heteroatoms. The minimum Gasteiger partial charge on any atom is -0.494 e. The highest BCUT2D eigenvalue weighted by atomic mass is 32.2. The number of fused-ring (bicyclic) bond motifs is 1. The van der Waals surface area contributed by atoms with Gasteiger partial charge in [-0.1, -0.05) is 36.4 Å². The summed E-state index contributed by atoms with van der Waals surface area (Å²) in [6.45, 7) is 9.28. The number of nitrogens with zero attached hydrogens (tertiary/aromatic N) is 1. The Kier molecular flexibility index (Phi) is 10.6. The monoisotopic (exact) mass is 641 g/mol. The van der Waals surface area contributed by atoms with Gasteiger partial charge in [0.15, 0.2) is 12.4 Å². The van der Waals surface area contributed by atoms with Crippen LogP contribution in [0.15, 0.2) is 48.5 Å². The summed E-state index contributed by atoms with van der Waals surface area (Å²) in [5.74, 6) is -0.108. The van der Waals surface area contributed by atoms with Crippen LogP contribution < -0.4 is 15.4 Å². The summed E-state index contributed by atoms with van der Waals surface area (Å²) in [6.07, 6.45) is -2.43. The molecule has 0 aromatic heterocycles. The number of nitrogens with one attached hydrogen (secondary N) is 2. The Labute approximate surface area is 268 Å². The van der Waals surface area contributed by atoms with E-state index in [2.05, 4.69) is 10.6 Å². The van der Waals surface area contributed by atoms with Gasteiger partial charge in [-0.05, 0) is 69.4 Å². The lowest BCUT2D eigenvalue weighted by Crippen LogP contribution is -2.58. The van der Waals surface area contributed by atoms with E-state index in [1.807, 2.05) is 64.1 Å². The number of carbonyl (C=O) groups is 3. The molecule has 3 saturated heterocycles. The summed E-state index contributed by atoms with van der Waals surface area (Å²) in [5, 5.41) is 17.3. The molecule has 3 aliphatic heterocycles. The zero-order valence-corrected chi connectivity index (χ0v) is 27.0. The molecule has 2 aromatic carbocycles. The molecule has 0 radical (unpaired) electrons. The molecule has 45 heavy (non-hydrogen) atoms. The van der Waals surface area contributed by atoms with Crippen molar-refractivity contribution in [3.63, 3.8) is 0 Å². The molecule has 3 heterocycles. The highest BCUT2D eigenvalue weighted by Crippen LogP contribution is 2.40. The molecule has 0 bridgehead atoms. The number of rotatable bonds is 11. The van der Waals surface area contributed by atoms with E-state index < -0.39 is 41.0 Å². The summed E-state index contributed by atoms with van der Waals surface area (Å²) < 4.78 is 21.8. The van der Waals surface area contributed by atoms with Crippen molar-refractivity contribution in [2.75, 3.05) is 25.7 Å². The molecule has 2 aromatic rings. The number of thioether (sulfide) groups is 1. The van der Waals surface area contributed by atoms with E-state index in [0.717, 1.165) is 23.1 Å².